The van der Waals surface area contributed by atoms with E-state index in [1.165, 1.54) is 45.2 Å². The van der Waals surface area contributed by atoms with Crippen molar-refractivity contribution in [1.82, 2.24) is 9.80 Å². The minimum absolute atomic E-state index is 0.0210. The van der Waals surface area contributed by atoms with Crippen molar-refractivity contribution in [1.29, 1.82) is 0 Å². The van der Waals surface area contributed by atoms with E-state index in [4.69, 9.17) is 4.74 Å². The highest BCUT2D eigenvalue weighted by Gasteiger charge is 2.59. The Hall–Kier alpha value is -0.200. The third kappa shape index (κ3) is 4.02. The molecule has 2 heterocycles. The molecular formula is C28H50N2O3. The maximum absolute atomic E-state index is 11.6. The number of morpholine rings is 1. The molecule has 10 atom stereocenters. The van der Waals surface area contributed by atoms with Gasteiger partial charge < -0.3 is 14.9 Å². The molecule has 5 heteroatoms. The van der Waals surface area contributed by atoms with E-state index in [9.17, 15) is 10.2 Å². The van der Waals surface area contributed by atoms with Crippen molar-refractivity contribution in [2.45, 2.75) is 103 Å². The Morgan fingerprint density at radius 2 is 1.58 bits per heavy atom. The summed E-state index contributed by atoms with van der Waals surface area (Å²) < 4.78 is 5.61. The summed E-state index contributed by atoms with van der Waals surface area (Å²) in [7, 11) is 0. The average molecular weight is 463 g/mol. The fraction of sp³-hybridized carbons (Fsp3) is 1.00. The minimum atomic E-state index is -0.197. The summed E-state index contributed by atoms with van der Waals surface area (Å²) in [4.78, 5) is 5.13. The maximum atomic E-state index is 11.6. The smallest absolute Gasteiger partial charge is 0.0751 e. The first-order chi connectivity index (χ1) is 15.8. The summed E-state index contributed by atoms with van der Waals surface area (Å²) in [5, 5.41) is 22.7. The second-order valence-electron chi connectivity index (χ2n) is 12.9. The fourth-order valence-electron chi connectivity index (χ4n) is 9.31. The standard InChI is InChI=1S/C28H50N2O3/c1-5-27(3)22(17-23(26(27)32)29-10-6-7-11-29)21-9-8-20-16-25(31)24(18-28(20,4)19(21)2)30-12-14-33-15-13-30/h19-26,31-32H,5-18H2,1-4H3/t19?,20?,21?,22?,23-,24+,25+,26+,27+,28-/m1/s1. The predicted molar refractivity (Wildman–Crippen MR) is 132 cm³/mol. The van der Waals surface area contributed by atoms with Gasteiger partial charge in [0.15, 0.2) is 0 Å². The first-order valence-electron chi connectivity index (χ1n) is 14.2. The van der Waals surface area contributed by atoms with E-state index in [0.717, 1.165) is 45.6 Å². The predicted octanol–water partition coefficient (Wildman–Crippen LogP) is 3.77. The van der Waals surface area contributed by atoms with Crippen molar-refractivity contribution >= 4 is 0 Å². The molecule has 2 N–H and O–H groups in total. The van der Waals surface area contributed by atoms with E-state index in [2.05, 4.69) is 37.5 Å². The fourth-order valence-corrected chi connectivity index (χ4v) is 9.31. The van der Waals surface area contributed by atoms with E-state index >= 15 is 0 Å². The molecule has 2 saturated heterocycles. The topological polar surface area (TPSA) is 56.2 Å². The molecule has 0 bridgehead atoms. The molecule has 5 nitrogen and oxygen atoms in total. The van der Waals surface area contributed by atoms with Crippen LogP contribution < -0.4 is 0 Å². The van der Waals surface area contributed by atoms with Crippen molar-refractivity contribution in [3.05, 3.63) is 0 Å². The van der Waals surface area contributed by atoms with Crippen LogP contribution in [-0.2, 0) is 4.74 Å². The zero-order valence-electron chi connectivity index (χ0n) is 21.7. The highest BCUT2D eigenvalue weighted by Crippen LogP contribution is 2.62. The summed E-state index contributed by atoms with van der Waals surface area (Å²) in [5.41, 5.74) is 0.295. The SMILES string of the molecule is CC[C@@]1(C)C(C2CCC3C[C@H](O)[C@@H](N4CCOCC4)C[C@]3(C)C2C)C[C@@H](N2CCCC2)[C@@H]1O. The summed E-state index contributed by atoms with van der Waals surface area (Å²) in [6.07, 6.45) is 9.04. The van der Waals surface area contributed by atoms with Crippen LogP contribution in [-0.4, -0.2) is 83.7 Å². The molecule has 0 spiro atoms. The molecule has 0 radical (unpaired) electrons. The molecule has 3 saturated carbocycles. The minimum Gasteiger partial charge on any atom is -0.391 e. The zero-order chi connectivity index (χ0) is 23.4. The molecule has 0 amide bonds. The number of nitrogens with zero attached hydrogens (tertiary/aromatic N) is 2. The summed E-state index contributed by atoms with van der Waals surface area (Å²) in [6.45, 7) is 15.7. The second kappa shape index (κ2) is 9.35. The van der Waals surface area contributed by atoms with Gasteiger partial charge in [-0.25, -0.2) is 0 Å². The number of ether oxygens (including phenoxy) is 1. The Kier molecular flexibility index (Phi) is 6.94. The number of fused-ring (bicyclic) bond motifs is 1. The van der Waals surface area contributed by atoms with Gasteiger partial charge in [0.25, 0.3) is 0 Å². The molecule has 0 aromatic heterocycles. The van der Waals surface area contributed by atoms with Crippen molar-refractivity contribution in [3.8, 4) is 0 Å². The van der Waals surface area contributed by atoms with Crippen LogP contribution in [0.25, 0.3) is 0 Å². The van der Waals surface area contributed by atoms with Gasteiger partial charge in [-0.1, -0.05) is 27.7 Å². The molecular weight excluding hydrogens is 412 g/mol. The normalized spacial score (nSPS) is 52.2. The van der Waals surface area contributed by atoms with Crippen LogP contribution in [0.1, 0.15) is 79.1 Å². The van der Waals surface area contributed by atoms with Crippen LogP contribution in [0, 0.1) is 34.5 Å². The Morgan fingerprint density at radius 1 is 0.909 bits per heavy atom. The number of hydrogen-bond donors (Lipinski definition) is 2. The maximum Gasteiger partial charge on any atom is 0.0751 e. The number of likely N-dealkylation sites (tertiary alicyclic amines) is 1. The lowest BCUT2D eigenvalue weighted by Gasteiger charge is -2.59. The molecule has 5 fully saturated rings. The van der Waals surface area contributed by atoms with Gasteiger partial charge in [-0.05, 0) is 99.0 Å². The number of aliphatic hydroxyl groups excluding tert-OH is 2. The van der Waals surface area contributed by atoms with Gasteiger partial charge in [0, 0.05) is 25.2 Å². The molecule has 5 aliphatic rings. The largest absolute Gasteiger partial charge is 0.391 e. The lowest BCUT2D eigenvalue weighted by molar-refractivity contribution is -0.133. The van der Waals surface area contributed by atoms with Gasteiger partial charge in [-0.15, -0.1) is 0 Å². The van der Waals surface area contributed by atoms with Gasteiger partial charge >= 0.3 is 0 Å². The van der Waals surface area contributed by atoms with Crippen LogP contribution >= 0.6 is 0 Å². The first kappa shape index (κ1) is 24.5. The van der Waals surface area contributed by atoms with Gasteiger partial charge in [0.2, 0.25) is 0 Å². The monoisotopic (exact) mass is 462 g/mol. The van der Waals surface area contributed by atoms with Gasteiger partial charge in [-0.3, -0.25) is 9.80 Å². The summed E-state index contributed by atoms with van der Waals surface area (Å²) >= 11 is 0. The molecule has 190 valence electrons. The molecule has 5 rings (SSSR count). The Balaban J connectivity index is 1.37. The summed E-state index contributed by atoms with van der Waals surface area (Å²) in [6, 6.07) is 0.634. The number of hydrogen-bond acceptors (Lipinski definition) is 5. The molecule has 3 aliphatic carbocycles. The number of rotatable bonds is 4. The van der Waals surface area contributed by atoms with E-state index in [-0.39, 0.29) is 29.1 Å². The van der Waals surface area contributed by atoms with Crippen molar-refractivity contribution < 1.29 is 14.9 Å². The van der Waals surface area contributed by atoms with E-state index in [0.29, 0.717) is 29.7 Å². The van der Waals surface area contributed by atoms with E-state index in [1.54, 1.807) is 0 Å². The lowest BCUT2D eigenvalue weighted by atomic mass is 9.48. The van der Waals surface area contributed by atoms with Crippen molar-refractivity contribution in [2.24, 2.45) is 34.5 Å². The quantitative estimate of drug-likeness (QED) is 0.666. The van der Waals surface area contributed by atoms with Crippen LogP contribution in [0.5, 0.6) is 0 Å². The van der Waals surface area contributed by atoms with Crippen LogP contribution in [0.15, 0.2) is 0 Å². The Labute approximate surface area is 202 Å². The van der Waals surface area contributed by atoms with Crippen LogP contribution in [0.3, 0.4) is 0 Å². The van der Waals surface area contributed by atoms with E-state index < -0.39 is 0 Å². The highest BCUT2D eigenvalue weighted by molar-refractivity contribution is 5.10. The molecule has 33 heavy (non-hydrogen) atoms. The lowest BCUT2D eigenvalue weighted by Crippen LogP contribution is -2.59. The van der Waals surface area contributed by atoms with E-state index in [1.807, 2.05) is 0 Å². The second-order valence-corrected chi connectivity index (χ2v) is 12.9. The first-order valence-corrected chi connectivity index (χ1v) is 14.2. The third-order valence-corrected chi connectivity index (χ3v) is 11.9. The zero-order valence-corrected chi connectivity index (χ0v) is 21.7. The van der Waals surface area contributed by atoms with Gasteiger partial charge in [0.05, 0.1) is 25.4 Å². The Morgan fingerprint density at radius 3 is 2.24 bits per heavy atom. The molecule has 4 unspecified atom stereocenters. The van der Waals surface area contributed by atoms with Crippen molar-refractivity contribution in [2.75, 3.05) is 39.4 Å². The van der Waals surface area contributed by atoms with Gasteiger partial charge in [0.1, 0.15) is 0 Å². The van der Waals surface area contributed by atoms with Crippen molar-refractivity contribution in [3.63, 3.8) is 0 Å². The van der Waals surface area contributed by atoms with Crippen LogP contribution in [0.2, 0.25) is 0 Å². The average Bonchev–Trinajstić information content (AvgIpc) is 3.44. The summed E-state index contributed by atoms with van der Waals surface area (Å²) in [5.74, 6) is 2.54. The molecule has 0 aromatic carbocycles. The molecule has 0 aromatic rings. The highest BCUT2D eigenvalue weighted by atomic mass is 16.5. The Bertz CT molecular complexity index is 678. The third-order valence-electron chi connectivity index (χ3n) is 11.9. The van der Waals surface area contributed by atoms with Gasteiger partial charge in [-0.2, -0.15) is 0 Å². The van der Waals surface area contributed by atoms with Crippen LogP contribution in [0.4, 0.5) is 0 Å². The molecule has 2 aliphatic heterocycles. The number of aliphatic hydroxyl groups is 2.